The summed E-state index contributed by atoms with van der Waals surface area (Å²) in [6.45, 7) is 1.72. The summed E-state index contributed by atoms with van der Waals surface area (Å²) in [6.07, 6.45) is 5.03. The number of unbranched alkanes of at least 4 members (excludes halogenated alkanes) is 1. The lowest BCUT2D eigenvalue weighted by Crippen LogP contribution is -2.25. The van der Waals surface area contributed by atoms with Crippen molar-refractivity contribution in [3.63, 3.8) is 0 Å². The average molecular weight is 456 g/mol. The van der Waals surface area contributed by atoms with E-state index in [4.69, 9.17) is 15.2 Å². The minimum absolute atomic E-state index is 0. The maximum absolute atomic E-state index is 12.3. The molecule has 8 nitrogen and oxygen atoms in total. The molecule has 0 spiro atoms. The van der Waals surface area contributed by atoms with Crippen LogP contribution in [0.1, 0.15) is 28.8 Å². The number of benzene rings is 1. The zero-order valence-corrected chi connectivity index (χ0v) is 18.6. The Morgan fingerprint density at radius 3 is 2.63 bits per heavy atom. The van der Waals surface area contributed by atoms with Crippen molar-refractivity contribution in [1.29, 1.82) is 0 Å². The van der Waals surface area contributed by atoms with E-state index < -0.39 is 0 Å². The van der Waals surface area contributed by atoms with Gasteiger partial charge in [0.2, 0.25) is 0 Å². The number of carbonyl (C=O) groups is 1. The van der Waals surface area contributed by atoms with Crippen molar-refractivity contribution in [3.8, 4) is 11.5 Å². The molecule has 0 aliphatic carbocycles. The summed E-state index contributed by atoms with van der Waals surface area (Å²) < 4.78 is 12.5. The zero-order chi connectivity index (χ0) is 19.9. The van der Waals surface area contributed by atoms with Crippen LogP contribution in [0, 0.1) is 0 Å². The van der Waals surface area contributed by atoms with Gasteiger partial charge in [-0.25, -0.2) is 9.67 Å². The van der Waals surface area contributed by atoms with Gasteiger partial charge in [0, 0.05) is 29.8 Å². The molecule has 0 unspecified atom stereocenters. The van der Waals surface area contributed by atoms with E-state index in [2.05, 4.69) is 15.4 Å². The first-order valence-corrected chi connectivity index (χ1v) is 9.17. The Balaban J connectivity index is 0.00000225. The van der Waals surface area contributed by atoms with Gasteiger partial charge >= 0.3 is 0 Å². The Morgan fingerprint density at radius 2 is 1.93 bits per heavy atom. The fourth-order valence-corrected chi connectivity index (χ4v) is 2.93. The molecule has 30 heavy (non-hydrogen) atoms. The summed E-state index contributed by atoms with van der Waals surface area (Å²) in [5.74, 6) is 1.30. The molecule has 0 bridgehead atoms. The number of amides is 1. The minimum atomic E-state index is -0.143. The molecule has 3 aromatic rings. The molecule has 2 aromatic heterocycles. The standard InChI is InChI=1S/C20H25N5O3.2ClH/c1-27-17-6-5-14(18(10-17)28-2)13-25-19-15(12-24-25)9-16(11-23-19)20(26)22-8-4-3-7-21;;/h5-6,9-12H,3-4,7-8,13,21H2,1-2H3,(H,22,26);2*1H. The number of methoxy groups -OCH3 is 2. The Labute approximate surface area is 188 Å². The highest BCUT2D eigenvalue weighted by atomic mass is 35.5. The number of halogens is 2. The van der Waals surface area contributed by atoms with Crippen molar-refractivity contribution in [2.24, 2.45) is 5.73 Å². The Bertz CT molecular complexity index is 965. The summed E-state index contributed by atoms with van der Waals surface area (Å²) in [6, 6.07) is 7.45. The smallest absolute Gasteiger partial charge is 0.252 e. The first-order chi connectivity index (χ1) is 13.7. The van der Waals surface area contributed by atoms with Gasteiger partial charge in [-0.3, -0.25) is 4.79 Å². The molecule has 1 amide bonds. The van der Waals surface area contributed by atoms with Crippen molar-refractivity contribution >= 4 is 41.8 Å². The van der Waals surface area contributed by atoms with E-state index in [9.17, 15) is 4.79 Å². The summed E-state index contributed by atoms with van der Waals surface area (Å²) >= 11 is 0. The summed E-state index contributed by atoms with van der Waals surface area (Å²) in [7, 11) is 3.24. The van der Waals surface area contributed by atoms with Crippen LogP contribution in [0.15, 0.2) is 36.7 Å². The lowest BCUT2D eigenvalue weighted by Gasteiger charge is -2.11. The molecule has 0 radical (unpaired) electrons. The van der Waals surface area contributed by atoms with Gasteiger partial charge in [0.15, 0.2) is 5.65 Å². The van der Waals surface area contributed by atoms with E-state index in [0.717, 1.165) is 35.3 Å². The molecule has 0 atom stereocenters. The molecule has 1 aromatic carbocycles. The Hall–Kier alpha value is -2.55. The monoisotopic (exact) mass is 455 g/mol. The van der Waals surface area contributed by atoms with Gasteiger partial charge in [0.25, 0.3) is 5.91 Å². The van der Waals surface area contributed by atoms with Crippen LogP contribution in [-0.4, -0.2) is 48.0 Å². The molecule has 0 saturated carbocycles. The summed E-state index contributed by atoms with van der Waals surface area (Å²) in [5.41, 5.74) is 7.64. The Morgan fingerprint density at radius 1 is 1.13 bits per heavy atom. The normalized spacial score (nSPS) is 10.1. The molecule has 10 heteroatoms. The number of rotatable bonds is 9. The molecular weight excluding hydrogens is 429 g/mol. The van der Waals surface area contributed by atoms with E-state index in [1.165, 1.54) is 0 Å². The largest absolute Gasteiger partial charge is 0.497 e. The second-order valence-corrected chi connectivity index (χ2v) is 6.37. The van der Waals surface area contributed by atoms with Crippen LogP contribution in [0.25, 0.3) is 11.0 Å². The number of pyridine rings is 1. The topological polar surface area (TPSA) is 104 Å². The van der Waals surface area contributed by atoms with Crippen LogP contribution < -0.4 is 20.5 Å². The Kier molecular flexibility index (Phi) is 10.4. The van der Waals surface area contributed by atoms with Crippen LogP contribution in [0.3, 0.4) is 0 Å². The number of nitrogens with two attached hydrogens (primary N) is 1. The number of hydrogen-bond donors (Lipinski definition) is 2. The fourth-order valence-electron chi connectivity index (χ4n) is 2.93. The predicted molar refractivity (Wildman–Crippen MR) is 121 cm³/mol. The fraction of sp³-hybridized carbons (Fsp3) is 0.350. The summed E-state index contributed by atoms with van der Waals surface area (Å²) in [5, 5.41) is 8.11. The molecule has 3 rings (SSSR count). The number of nitrogens with zero attached hydrogens (tertiary/aromatic N) is 3. The van der Waals surface area contributed by atoms with Gasteiger partial charge in [0.1, 0.15) is 11.5 Å². The van der Waals surface area contributed by atoms with Gasteiger partial charge in [-0.2, -0.15) is 5.10 Å². The third-order valence-electron chi connectivity index (χ3n) is 4.47. The molecule has 2 heterocycles. The number of carbonyl (C=O) groups excluding carboxylic acids is 1. The SMILES string of the molecule is COc1ccc(Cn2ncc3cc(C(=O)NCCCCN)cnc32)c(OC)c1.Cl.Cl. The minimum Gasteiger partial charge on any atom is -0.497 e. The highest BCUT2D eigenvalue weighted by Crippen LogP contribution is 2.26. The first kappa shape index (κ1) is 25.5. The van der Waals surface area contributed by atoms with Gasteiger partial charge in [-0.15, -0.1) is 24.8 Å². The molecule has 0 aliphatic rings. The van der Waals surface area contributed by atoms with Gasteiger partial charge < -0.3 is 20.5 Å². The van der Waals surface area contributed by atoms with E-state index in [1.807, 2.05) is 18.2 Å². The zero-order valence-electron chi connectivity index (χ0n) is 17.0. The maximum atomic E-state index is 12.3. The van der Waals surface area contributed by atoms with Crippen molar-refractivity contribution in [3.05, 3.63) is 47.8 Å². The molecule has 0 aliphatic heterocycles. The van der Waals surface area contributed by atoms with Gasteiger partial charge in [-0.05, 0) is 37.6 Å². The number of nitrogens with one attached hydrogen (secondary N) is 1. The number of fused-ring (bicyclic) bond motifs is 1. The van der Waals surface area contributed by atoms with Crippen molar-refractivity contribution in [1.82, 2.24) is 20.1 Å². The van der Waals surface area contributed by atoms with Gasteiger partial charge in [0.05, 0.1) is 32.5 Å². The van der Waals surface area contributed by atoms with E-state index in [1.54, 1.807) is 37.4 Å². The highest BCUT2D eigenvalue weighted by molar-refractivity contribution is 5.96. The van der Waals surface area contributed by atoms with Crippen molar-refractivity contribution < 1.29 is 14.3 Å². The maximum Gasteiger partial charge on any atom is 0.252 e. The number of ether oxygens (including phenoxy) is 2. The van der Waals surface area contributed by atoms with E-state index in [-0.39, 0.29) is 30.7 Å². The van der Waals surface area contributed by atoms with Gasteiger partial charge in [-0.1, -0.05) is 0 Å². The molecule has 3 N–H and O–H groups in total. The van der Waals surface area contributed by atoms with Crippen LogP contribution in [0.4, 0.5) is 0 Å². The van der Waals surface area contributed by atoms with Crippen LogP contribution in [-0.2, 0) is 6.54 Å². The van der Waals surface area contributed by atoms with Crippen LogP contribution in [0.5, 0.6) is 11.5 Å². The summed E-state index contributed by atoms with van der Waals surface area (Å²) in [4.78, 5) is 16.7. The second kappa shape index (κ2) is 12.2. The van der Waals surface area contributed by atoms with Crippen molar-refractivity contribution in [2.75, 3.05) is 27.3 Å². The lowest BCUT2D eigenvalue weighted by molar-refractivity contribution is 0.0953. The molecule has 0 fully saturated rings. The highest BCUT2D eigenvalue weighted by Gasteiger charge is 2.12. The number of hydrogen-bond acceptors (Lipinski definition) is 6. The van der Waals surface area contributed by atoms with Crippen molar-refractivity contribution in [2.45, 2.75) is 19.4 Å². The van der Waals surface area contributed by atoms with E-state index >= 15 is 0 Å². The third-order valence-corrected chi connectivity index (χ3v) is 4.47. The average Bonchev–Trinajstić information content (AvgIpc) is 3.13. The number of aromatic nitrogens is 3. The molecule has 0 saturated heterocycles. The van der Waals surface area contributed by atoms with Crippen LogP contribution in [0.2, 0.25) is 0 Å². The quantitative estimate of drug-likeness (QED) is 0.480. The van der Waals surface area contributed by atoms with E-state index in [0.29, 0.717) is 30.8 Å². The predicted octanol–water partition coefficient (Wildman–Crippen LogP) is 2.81. The lowest BCUT2D eigenvalue weighted by atomic mass is 10.2. The van der Waals surface area contributed by atoms with Crippen LogP contribution >= 0.6 is 24.8 Å². The third kappa shape index (κ3) is 5.98. The second-order valence-electron chi connectivity index (χ2n) is 6.37. The molecule has 164 valence electrons. The first-order valence-electron chi connectivity index (χ1n) is 9.17. The molecular formula is C20H27Cl2N5O3.